The zero-order valence-corrected chi connectivity index (χ0v) is 23.2. The van der Waals surface area contributed by atoms with E-state index in [4.69, 9.17) is 0 Å². The van der Waals surface area contributed by atoms with Crippen molar-refractivity contribution in [2.24, 2.45) is 11.3 Å². The third kappa shape index (κ3) is 5.61. The van der Waals surface area contributed by atoms with Crippen molar-refractivity contribution < 1.29 is 14.7 Å². The maximum Gasteiger partial charge on any atom is 0.248 e. The molecule has 9 nitrogen and oxygen atoms in total. The standard InChI is InChI=1S/C27H40N6O3S/c1-27(2,3)24(33-16-20(29-30-33)17-9-10-17)26(36)32-15-19(34)13-21(32)25(35)28-14-18-7-5-11-31(4)23(18)22-8-6-12-37-22/h6,8,12,16-19,21,23-24,34H,5,7,9-11,13-15H2,1-4H3,(H,28,35)/t18?,19-,21+,23?,24-/m1/s1. The van der Waals surface area contributed by atoms with Crippen molar-refractivity contribution in [1.29, 1.82) is 0 Å². The van der Waals surface area contributed by atoms with Crippen LogP contribution >= 0.6 is 11.3 Å². The van der Waals surface area contributed by atoms with Crippen LogP contribution in [0.3, 0.4) is 0 Å². The van der Waals surface area contributed by atoms with Gasteiger partial charge in [-0.05, 0) is 62.1 Å². The molecular formula is C27H40N6O3S. The molecule has 0 aromatic carbocycles. The molecule has 2 aliphatic heterocycles. The van der Waals surface area contributed by atoms with E-state index < -0.39 is 23.6 Å². The minimum Gasteiger partial charge on any atom is -0.391 e. The van der Waals surface area contributed by atoms with Crippen LogP contribution in [0, 0.1) is 11.3 Å². The molecule has 2 amide bonds. The van der Waals surface area contributed by atoms with Crippen LogP contribution < -0.4 is 5.32 Å². The Hall–Kier alpha value is -2.30. The van der Waals surface area contributed by atoms with Crippen LogP contribution in [0.15, 0.2) is 23.7 Å². The second kappa shape index (κ2) is 10.5. The number of likely N-dealkylation sites (tertiary alicyclic amines) is 2. The zero-order valence-electron chi connectivity index (χ0n) is 22.3. The Morgan fingerprint density at radius 1 is 1.27 bits per heavy atom. The summed E-state index contributed by atoms with van der Waals surface area (Å²) >= 11 is 1.76. The fourth-order valence-electron chi connectivity index (χ4n) is 6.06. The molecule has 37 heavy (non-hydrogen) atoms. The van der Waals surface area contributed by atoms with Crippen LogP contribution in [0.1, 0.15) is 81.4 Å². The van der Waals surface area contributed by atoms with Gasteiger partial charge in [-0.15, -0.1) is 16.4 Å². The summed E-state index contributed by atoms with van der Waals surface area (Å²) in [6.45, 7) is 7.75. The second-order valence-corrected chi connectivity index (χ2v) is 13.1. The maximum absolute atomic E-state index is 13.9. The normalized spacial score (nSPS) is 27.9. The fourth-order valence-corrected chi connectivity index (χ4v) is 7.04. The minimum atomic E-state index is -0.724. The molecule has 2 unspecified atom stereocenters. The Kier molecular flexibility index (Phi) is 7.44. The number of rotatable bonds is 7. The molecule has 2 N–H and O–H groups in total. The van der Waals surface area contributed by atoms with Gasteiger partial charge in [0.25, 0.3) is 0 Å². The maximum atomic E-state index is 13.9. The number of amides is 2. The van der Waals surface area contributed by atoms with Gasteiger partial charge in [-0.3, -0.25) is 14.5 Å². The molecule has 0 spiro atoms. The van der Waals surface area contributed by atoms with E-state index in [1.54, 1.807) is 20.9 Å². The molecule has 1 saturated carbocycles. The summed E-state index contributed by atoms with van der Waals surface area (Å²) in [4.78, 5) is 32.7. The number of nitrogens with zero attached hydrogens (tertiary/aromatic N) is 5. The third-order valence-electron chi connectivity index (χ3n) is 8.09. The van der Waals surface area contributed by atoms with Crippen molar-refractivity contribution >= 4 is 23.2 Å². The van der Waals surface area contributed by atoms with Gasteiger partial charge in [0.2, 0.25) is 11.8 Å². The average molecular weight is 529 g/mol. The first kappa shape index (κ1) is 26.3. The smallest absolute Gasteiger partial charge is 0.248 e. The van der Waals surface area contributed by atoms with E-state index in [1.165, 1.54) is 4.88 Å². The van der Waals surface area contributed by atoms with Crippen molar-refractivity contribution in [3.63, 3.8) is 0 Å². The molecule has 0 radical (unpaired) electrons. The Morgan fingerprint density at radius 2 is 2.05 bits per heavy atom. The van der Waals surface area contributed by atoms with Crippen LogP contribution in [-0.2, 0) is 9.59 Å². The highest BCUT2D eigenvalue weighted by molar-refractivity contribution is 7.10. The number of carbonyl (C=O) groups excluding carboxylic acids is 2. The SMILES string of the molecule is CN1CCCC(CNC(=O)[C@@H]2C[C@@H](O)CN2C(=O)[C@@H](n2cc(C3CC3)nn2)C(C)(C)C)C1c1cccs1. The van der Waals surface area contributed by atoms with Gasteiger partial charge in [-0.1, -0.05) is 32.1 Å². The zero-order chi connectivity index (χ0) is 26.3. The number of hydrogen-bond donors (Lipinski definition) is 2. The lowest BCUT2D eigenvalue weighted by atomic mass is 9.85. The molecule has 2 aromatic rings. The summed E-state index contributed by atoms with van der Waals surface area (Å²) in [5, 5.41) is 24.4. The van der Waals surface area contributed by atoms with Crippen molar-refractivity contribution in [2.75, 3.05) is 26.7 Å². The highest BCUT2D eigenvalue weighted by Gasteiger charge is 2.45. The van der Waals surface area contributed by atoms with Gasteiger partial charge in [0.05, 0.1) is 11.8 Å². The van der Waals surface area contributed by atoms with E-state index in [1.807, 2.05) is 27.0 Å². The molecule has 1 aliphatic carbocycles. The van der Waals surface area contributed by atoms with E-state index in [0.29, 0.717) is 18.4 Å². The number of aliphatic hydroxyl groups is 1. The van der Waals surface area contributed by atoms with E-state index in [-0.39, 0.29) is 30.8 Å². The topological polar surface area (TPSA) is 104 Å². The molecule has 3 aliphatic rings. The van der Waals surface area contributed by atoms with Gasteiger partial charge < -0.3 is 15.3 Å². The number of β-amino-alcohol motifs (C(OH)–C–C–N with tert-alkyl or cyclic N) is 1. The van der Waals surface area contributed by atoms with Gasteiger partial charge >= 0.3 is 0 Å². The number of piperidine rings is 1. The largest absolute Gasteiger partial charge is 0.391 e. The number of aromatic nitrogens is 3. The Balaban J connectivity index is 1.30. The van der Waals surface area contributed by atoms with Crippen molar-refractivity contribution in [3.8, 4) is 0 Å². The Morgan fingerprint density at radius 3 is 2.73 bits per heavy atom. The van der Waals surface area contributed by atoms with E-state index in [2.05, 4.69) is 45.1 Å². The molecule has 10 heteroatoms. The lowest BCUT2D eigenvalue weighted by Gasteiger charge is -2.39. The molecule has 2 saturated heterocycles. The highest BCUT2D eigenvalue weighted by atomic mass is 32.1. The molecule has 202 valence electrons. The summed E-state index contributed by atoms with van der Waals surface area (Å²) in [7, 11) is 2.15. The van der Waals surface area contributed by atoms with Crippen LogP contribution in [0.25, 0.3) is 0 Å². The summed E-state index contributed by atoms with van der Waals surface area (Å²) < 4.78 is 1.67. The summed E-state index contributed by atoms with van der Waals surface area (Å²) in [6, 6.07) is 3.23. The van der Waals surface area contributed by atoms with Crippen LogP contribution in [0.4, 0.5) is 0 Å². The highest BCUT2D eigenvalue weighted by Crippen LogP contribution is 2.40. The summed E-state index contributed by atoms with van der Waals surface area (Å²) in [6.07, 6.45) is 5.77. The first-order valence-corrected chi connectivity index (χ1v) is 14.4. The lowest BCUT2D eigenvalue weighted by Crippen LogP contribution is -2.51. The fraction of sp³-hybridized carbons (Fsp3) is 0.704. The predicted octanol–water partition coefficient (Wildman–Crippen LogP) is 2.97. The number of nitrogens with one attached hydrogen (secondary N) is 1. The van der Waals surface area contributed by atoms with E-state index in [9.17, 15) is 14.7 Å². The molecule has 4 heterocycles. The monoisotopic (exact) mass is 528 g/mol. The van der Waals surface area contributed by atoms with Crippen molar-refractivity contribution in [3.05, 3.63) is 34.3 Å². The molecule has 3 fully saturated rings. The quantitative estimate of drug-likeness (QED) is 0.573. The number of aliphatic hydroxyl groups excluding tert-OH is 1. The van der Waals surface area contributed by atoms with Crippen LogP contribution in [0.5, 0.6) is 0 Å². The lowest BCUT2D eigenvalue weighted by molar-refractivity contribution is -0.144. The van der Waals surface area contributed by atoms with Crippen LogP contribution in [0.2, 0.25) is 0 Å². The van der Waals surface area contributed by atoms with E-state index in [0.717, 1.165) is 37.9 Å². The summed E-state index contributed by atoms with van der Waals surface area (Å²) in [5.41, 5.74) is 0.483. The van der Waals surface area contributed by atoms with Crippen molar-refractivity contribution in [2.45, 2.75) is 83.0 Å². The van der Waals surface area contributed by atoms with Crippen molar-refractivity contribution in [1.82, 2.24) is 30.1 Å². The minimum absolute atomic E-state index is 0.150. The summed E-state index contributed by atoms with van der Waals surface area (Å²) in [5.74, 6) is 0.363. The van der Waals surface area contributed by atoms with Gasteiger partial charge in [-0.25, -0.2) is 4.68 Å². The van der Waals surface area contributed by atoms with Gasteiger partial charge in [0, 0.05) is 42.5 Å². The average Bonchev–Trinajstić information content (AvgIpc) is 3.21. The Bertz CT molecular complexity index is 1090. The molecule has 0 bridgehead atoms. The molecule has 5 rings (SSSR count). The van der Waals surface area contributed by atoms with Gasteiger partial charge in [0.15, 0.2) is 0 Å². The number of thiophene rings is 1. The van der Waals surface area contributed by atoms with Gasteiger partial charge in [0.1, 0.15) is 12.1 Å². The van der Waals surface area contributed by atoms with Gasteiger partial charge in [-0.2, -0.15) is 0 Å². The van der Waals surface area contributed by atoms with Crippen LogP contribution in [-0.4, -0.2) is 80.5 Å². The second-order valence-electron chi connectivity index (χ2n) is 12.2. The molecule has 2 aromatic heterocycles. The first-order chi connectivity index (χ1) is 17.6. The first-order valence-electron chi connectivity index (χ1n) is 13.5. The van der Waals surface area contributed by atoms with E-state index >= 15 is 0 Å². The Labute approximate surface area is 223 Å². The molecule has 5 atom stereocenters. The predicted molar refractivity (Wildman–Crippen MR) is 142 cm³/mol. The molecular weight excluding hydrogens is 488 g/mol. The number of carbonyl (C=O) groups is 2. The third-order valence-corrected chi connectivity index (χ3v) is 9.03. The number of hydrogen-bond acceptors (Lipinski definition) is 7.